The van der Waals surface area contributed by atoms with Gasteiger partial charge >= 0.3 is 11.9 Å². The van der Waals surface area contributed by atoms with Crippen LogP contribution in [0.1, 0.15) is 62.3 Å². The van der Waals surface area contributed by atoms with Crippen LogP contribution in [0.15, 0.2) is 35.2 Å². The average molecular weight is 457 g/mol. The lowest BCUT2D eigenvalue weighted by molar-refractivity contribution is -0.138. The molecule has 0 aromatic rings. The van der Waals surface area contributed by atoms with E-state index in [0.29, 0.717) is 11.1 Å². The topological polar surface area (TPSA) is 76.2 Å². The number of nitrogens with zero attached hydrogens (tertiary/aromatic N) is 2. The minimum Gasteiger partial charge on any atom is -0.466 e. The molecule has 0 saturated carbocycles. The first-order valence-corrected chi connectivity index (χ1v) is 12.3. The van der Waals surface area contributed by atoms with Gasteiger partial charge in [-0.15, -0.1) is 0 Å². The highest BCUT2D eigenvalue weighted by Crippen LogP contribution is 2.60. The first-order valence-electron chi connectivity index (χ1n) is 10.6. The van der Waals surface area contributed by atoms with Crippen molar-refractivity contribution in [3.05, 3.63) is 35.2 Å². The lowest BCUT2D eigenvalue weighted by Gasteiger charge is -2.46. The summed E-state index contributed by atoms with van der Waals surface area (Å²) >= 11 is 0. The van der Waals surface area contributed by atoms with Crippen LogP contribution in [0.4, 0.5) is 0 Å². The molecule has 0 aromatic carbocycles. The van der Waals surface area contributed by atoms with Gasteiger partial charge in [-0.25, -0.2) is 18.9 Å². The standard InChI is InChI=1S/C23H41N2O5P/c1-15(2)21(20(23(27)30-12)13-22(26)29-11)14-31(28,24(16(3)4)17(5)6)25(18(7)8)19(9)10/h13-14,16-19H,1H2,2-12H3/b20-13-,21-14+. The summed E-state index contributed by atoms with van der Waals surface area (Å²) in [5.41, 5.74) is 0.751. The van der Waals surface area contributed by atoms with E-state index in [4.69, 9.17) is 9.47 Å². The summed E-state index contributed by atoms with van der Waals surface area (Å²) in [6, 6.07) is -0.168. The fourth-order valence-corrected chi connectivity index (χ4v) is 7.73. The van der Waals surface area contributed by atoms with Crippen LogP contribution in [0, 0.1) is 0 Å². The number of hydrogen-bond acceptors (Lipinski definition) is 5. The van der Waals surface area contributed by atoms with E-state index < -0.39 is 19.4 Å². The Kier molecular flexibility index (Phi) is 11.7. The summed E-state index contributed by atoms with van der Waals surface area (Å²) in [7, 11) is -0.935. The second kappa shape index (κ2) is 12.4. The smallest absolute Gasteiger partial charge is 0.338 e. The zero-order valence-corrected chi connectivity index (χ0v) is 21.9. The van der Waals surface area contributed by atoms with Crippen molar-refractivity contribution in [2.75, 3.05) is 14.2 Å². The molecule has 0 unspecified atom stereocenters. The minimum atomic E-state index is -3.39. The van der Waals surface area contributed by atoms with Gasteiger partial charge in [-0.05, 0) is 73.5 Å². The van der Waals surface area contributed by atoms with Gasteiger partial charge in [0.15, 0.2) is 0 Å². The molecule has 0 amide bonds. The molecule has 0 bridgehead atoms. The molecule has 8 heteroatoms. The average Bonchev–Trinajstić information content (AvgIpc) is 2.61. The molecule has 31 heavy (non-hydrogen) atoms. The third-order valence-corrected chi connectivity index (χ3v) is 8.46. The molecule has 0 saturated heterocycles. The number of allylic oxidation sites excluding steroid dienone is 1. The predicted octanol–water partition coefficient (Wildman–Crippen LogP) is 5.15. The second-order valence-corrected chi connectivity index (χ2v) is 11.0. The van der Waals surface area contributed by atoms with Crippen molar-refractivity contribution in [1.29, 1.82) is 0 Å². The minimum absolute atomic E-state index is 0.0398. The second-order valence-electron chi connectivity index (χ2n) is 8.62. The van der Waals surface area contributed by atoms with E-state index in [1.807, 2.05) is 64.7 Å². The van der Waals surface area contributed by atoms with Gasteiger partial charge in [0.1, 0.15) is 0 Å². The molecule has 0 aliphatic heterocycles. The molecule has 0 N–H and O–H groups in total. The lowest BCUT2D eigenvalue weighted by Crippen LogP contribution is -2.44. The van der Waals surface area contributed by atoms with Crippen LogP contribution in [0.3, 0.4) is 0 Å². The van der Waals surface area contributed by atoms with Gasteiger partial charge in [-0.3, -0.25) is 4.57 Å². The Balaban J connectivity index is 7.37. The van der Waals surface area contributed by atoms with Gasteiger partial charge in [0, 0.05) is 36.1 Å². The summed E-state index contributed by atoms with van der Waals surface area (Å²) in [6.07, 6.45) is 1.06. The van der Waals surface area contributed by atoms with Gasteiger partial charge in [0.05, 0.1) is 19.8 Å². The van der Waals surface area contributed by atoms with E-state index in [-0.39, 0.29) is 29.7 Å². The van der Waals surface area contributed by atoms with E-state index >= 15 is 0 Å². The zero-order valence-electron chi connectivity index (χ0n) is 21.1. The number of esters is 2. The first-order chi connectivity index (χ1) is 14.1. The Bertz CT molecular complexity index is 726. The highest BCUT2D eigenvalue weighted by atomic mass is 31.2. The number of hydrogen-bond donors (Lipinski definition) is 0. The molecule has 0 heterocycles. The molecule has 0 aliphatic rings. The van der Waals surface area contributed by atoms with E-state index in [1.165, 1.54) is 14.2 Å². The summed E-state index contributed by atoms with van der Waals surface area (Å²) in [5, 5.41) is 0. The predicted molar refractivity (Wildman–Crippen MR) is 127 cm³/mol. The zero-order chi connectivity index (χ0) is 24.7. The normalized spacial score (nSPS) is 13.7. The number of rotatable bonds is 11. The Morgan fingerprint density at radius 1 is 0.806 bits per heavy atom. The maximum Gasteiger partial charge on any atom is 0.338 e. The fourth-order valence-electron chi connectivity index (χ4n) is 3.88. The summed E-state index contributed by atoms with van der Waals surface area (Å²) in [6.45, 7) is 21.6. The van der Waals surface area contributed by atoms with E-state index in [9.17, 15) is 14.2 Å². The largest absolute Gasteiger partial charge is 0.466 e. The molecule has 0 atom stereocenters. The van der Waals surface area contributed by atoms with Crippen molar-refractivity contribution in [1.82, 2.24) is 9.34 Å². The van der Waals surface area contributed by atoms with Crippen LogP contribution in [0.25, 0.3) is 0 Å². The van der Waals surface area contributed by atoms with E-state index in [0.717, 1.165) is 6.08 Å². The molecule has 0 fully saturated rings. The lowest BCUT2D eigenvalue weighted by atomic mass is 10.0. The maximum atomic E-state index is 14.9. The number of ether oxygens (including phenoxy) is 2. The van der Waals surface area contributed by atoms with E-state index in [2.05, 4.69) is 6.58 Å². The van der Waals surface area contributed by atoms with Crippen molar-refractivity contribution >= 4 is 19.4 Å². The van der Waals surface area contributed by atoms with Crippen LogP contribution in [-0.4, -0.2) is 59.7 Å². The fraction of sp³-hybridized carbons (Fsp3) is 0.652. The number of carbonyl (C=O) groups excluding carboxylic acids is 2. The highest BCUT2D eigenvalue weighted by molar-refractivity contribution is 7.62. The monoisotopic (exact) mass is 456 g/mol. The third-order valence-electron chi connectivity index (χ3n) is 4.69. The number of methoxy groups -OCH3 is 2. The maximum absolute atomic E-state index is 14.9. The molecule has 0 spiro atoms. The van der Waals surface area contributed by atoms with Gasteiger partial charge in [-0.1, -0.05) is 6.58 Å². The van der Waals surface area contributed by atoms with Crippen LogP contribution < -0.4 is 0 Å². The molecular formula is C23H41N2O5P. The molecule has 0 radical (unpaired) electrons. The number of carbonyl (C=O) groups is 2. The van der Waals surface area contributed by atoms with E-state index in [1.54, 1.807) is 12.7 Å². The van der Waals surface area contributed by atoms with Crippen molar-refractivity contribution < 1.29 is 23.6 Å². The molecule has 7 nitrogen and oxygen atoms in total. The van der Waals surface area contributed by atoms with Crippen molar-refractivity contribution in [2.24, 2.45) is 0 Å². The van der Waals surface area contributed by atoms with Crippen LogP contribution in [0.2, 0.25) is 0 Å². The summed E-state index contributed by atoms with van der Waals surface area (Å²) in [5.74, 6) is 0.158. The molecule has 0 aliphatic carbocycles. The van der Waals surface area contributed by atoms with Gasteiger partial charge < -0.3 is 9.47 Å². The third kappa shape index (κ3) is 7.44. The Hall–Kier alpha value is -1.69. The van der Waals surface area contributed by atoms with Crippen molar-refractivity contribution in [3.63, 3.8) is 0 Å². The van der Waals surface area contributed by atoms with Gasteiger partial charge in [0.2, 0.25) is 7.44 Å². The summed E-state index contributed by atoms with van der Waals surface area (Å²) < 4.78 is 28.4. The SMILES string of the molecule is C=C(C)C(=C\P(=O)(N(C(C)C)C(C)C)N(C(C)C)C(C)C)/C(=C/C(=O)OC)C(=O)OC. The first kappa shape index (κ1) is 29.3. The molecular weight excluding hydrogens is 415 g/mol. The Morgan fingerprint density at radius 2 is 1.19 bits per heavy atom. The van der Waals surface area contributed by atoms with Gasteiger partial charge in [0.25, 0.3) is 0 Å². The summed E-state index contributed by atoms with van der Waals surface area (Å²) in [4.78, 5) is 24.6. The molecule has 178 valence electrons. The highest BCUT2D eigenvalue weighted by Gasteiger charge is 2.42. The molecule has 0 rings (SSSR count). The molecule has 0 aromatic heterocycles. The quantitative estimate of drug-likeness (QED) is 0.184. The van der Waals surface area contributed by atoms with Crippen molar-refractivity contribution in [3.8, 4) is 0 Å². The van der Waals surface area contributed by atoms with Gasteiger partial charge in [-0.2, -0.15) is 0 Å². The van der Waals surface area contributed by atoms with Crippen molar-refractivity contribution in [2.45, 2.75) is 86.5 Å². The Morgan fingerprint density at radius 3 is 1.45 bits per heavy atom. The van der Waals surface area contributed by atoms with Crippen LogP contribution in [-0.2, 0) is 23.6 Å². The Labute approximate surface area is 188 Å². The van der Waals surface area contributed by atoms with Crippen LogP contribution >= 0.6 is 7.44 Å². The van der Waals surface area contributed by atoms with Crippen LogP contribution in [0.5, 0.6) is 0 Å².